The fourth-order valence-electron chi connectivity index (χ4n) is 2.58. The molecule has 0 fully saturated rings. The van der Waals surface area contributed by atoms with E-state index in [1.54, 1.807) is 12.1 Å². The van der Waals surface area contributed by atoms with E-state index in [2.05, 4.69) is 27.7 Å². The molecule has 2 aromatic rings. The third-order valence-corrected chi connectivity index (χ3v) is 4.18. The van der Waals surface area contributed by atoms with Crippen LogP contribution >= 0.6 is 0 Å². The number of amides is 2. The third kappa shape index (κ3) is 6.85. The number of urea groups is 1. The van der Waals surface area contributed by atoms with Gasteiger partial charge in [0.1, 0.15) is 5.75 Å². The first-order valence-corrected chi connectivity index (χ1v) is 8.54. The van der Waals surface area contributed by atoms with Gasteiger partial charge in [-0.25, -0.2) is 4.79 Å². The molecule has 3 N–H and O–H groups in total. The number of phenols is 1. The van der Waals surface area contributed by atoms with Crippen LogP contribution in [-0.2, 0) is 12.8 Å². The molecule has 134 valence electrons. The Morgan fingerprint density at radius 2 is 1.68 bits per heavy atom. The van der Waals surface area contributed by atoms with Crippen molar-refractivity contribution in [3.63, 3.8) is 0 Å². The second kappa shape index (κ2) is 9.69. The second-order valence-electron chi connectivity index (χ2n) is 6.36. The molecule has 0 unspecified atom stereocenters. The predicted molar refractivity (Wildman–Crippen MR) is 101 cm³/mol. The number of likely N-dealkylation sites (N-methyl/N-ethyl adjacent to an activating group) is 1. The number of rotatable bonds is 8. The molecule has 0 aromatic heterocycles. The van der Waals surface area contributed by atoms with Gasteiger partial charge in [-0.05, 0) is 50.2 Å². The Morgan fingerprint density at radius 1 is 1.00 bits per heavy atom. The molecule has 0 spiro atoms. The monoisotopic (exact) mass is 341 g/mol. The highest BCUT2D eigenvalue weighted by molar-refractivity contribution is 5.73. The zero-order chi connectivity index (χ0) is 18.1. The molecule has 5 nitrogen and oxygen atoms in total. The smallest absolute Gasteiger partial charge is 0.314 e. The van der Waals surface area contributed by atoms with Gasteiger partial charge in [0.15, 0.2) is 0 Å². The summed E-state index contributed by atoms with van der Waals surface area (Å²) in [4.78, 5) is 14.1. The van der Waals surface area contributed by atoms with Gasteiger partial charge in [0.25, 0.3) is 0 Å². The fraction of sp³-hybridized carbons (Fsp3) is 0.350. The summed E-state index contributed by atoms with van der Waals surface area (Å²) in [5, 5.41) is 15.2. The normalized spacial score (nSPS) is 12.0. The van der Waals surface area contributed by atoms with Crippen LogP contribution in [0.4, 0.5) is 4.79 Å². The van der Waals surface area contributed by atoms with Gasteiger partial charge in [0, 0.05) is 19.1 Å². The summed E-state index contributed by atoms with van der Waals surface area (Å²) in [5.41, 5.74) is 2.34. The zero-order valence-electron chi connectivity index (χ0n) is 14.9. The van der Waals surface area contributed by atoms with Crippen LogP contribution in [-0.4, -0.2) is 49.3 Å². The largest absolute Gasteiger partial charge is 0.508 e. The average Bonchev–Trinajstić information content (AvgIpc) is 2.61. The topological polar surface area (TPSA) is 64.6 Å². The highest BCUT2D eigenvalue weighted by Gasteiger charge is 2.13. The molecule has 5 heteroatoms. The molecule has 0 saturated carbocycles. The molecule has 0 bridgehead atoms. The molecule has 0 heterocycles. The maximum atomic E-state index is 12.0. The number of aromatic hydroxyl groups is 1. The molecular formula is C20H27N3O2. The van der Waals surface area contributed by atoms with Crippen LogP contribution in [0.3, 0.4) is 0 Å². The lowest BCUT2D eigenvalue weighted by Crippen LogP contribution is -2.45. The summed E-state index contributed by atoms with van der Waals surface area (Å²) in [6, 6.07) is 17.3. The zero-order valence-corrected chi connectivity index (χ0v) is 14.9. The van der Waals surface area contributed by atoms with E-state index < -0.39 is 0 Å². The highest BCUT2D eigenvalue weighted by atomic mass is 16.3. The Hall–Kier alpha value is -2.53. The number of hydrogen-bond donors (Lipinski definition) is 3. The SMILES string of the molecule is CN(C)[C@H](CNC(=O)NCCc1ccccc1)Cc1ccc(O)cc1. The number of nitrogens with one attached hydrogen (secondary N) is 2. The van der Waals surface area contributed by atoms with Crippen molar-refractivity contribution in [3.05, 3.63) is 65.7 Å². The first-order chi connectivity index (χ1) is 12.0. The van der Waals surface area contributed by atoms with E-state index in [1.807, 2.05) is 44.4 Å². The van der Waals surface area contributed by atoms with Crippen LogP contribution in [0.15, 0.2) is 54.6 Å². The lowest BCUT2D eigenvalue weighted by molar-refractivity contribution is 0.232. The standard InChI is InChI=1S/C20H27N3O2/c1-23(2)18(14-17-8-10-19(24)11-9-17)15-22-20(25)21-13-12-16-6-4-3-5-7-16/h3-11,18,24H,12-15H2,1-2H3,(H2,21,22,25)/t18-/m0/s1. The second-order valence-corrected chi connectivity index (χ2v) is 6.36. The van der Waals surface area contributed by atoms with E-state index in [4.69, 9.17) is 0 Å². The van der Waals surface area contributed by atoms with Gasteiger partial charge in [-0.1, -0.05) is 42.5 Å². The molecule has 0 radical (unpaired) electrons. The van der Waals surface area contributed by atoms with Crippen molar-refractivity contribution >= 4 is 6.03 Å². The molecule has 0 saturated heterocycles. The number of benzene rings is 2. The van der Waals surface area contributed by atoms with Crippen molar-refractivity contribution < 1.29 is 9.90 Å². The summed E-state index contributed by atoms with van der Waals surface area (Å²) >= 11 is 0. The van der Waals surface area contributed by atoms with Crippen molar-refractivity contribution in [3.8, 4) is 5.75 Å². The van der Waals surface area contributed by atoms with Crippen molar-refractivity contribution in [2.75, 3.05) is 27.2 Å². The molecule has 2 aromatic carbocycles. The van der Waals surface area contributed by atoms with E-state index in [9.17, 15) is 9.90 Å². The van der Waals surface area contributed by atoms with Crippen LogP contribution in [0.1, 0.15) is 11.1 Å². The molecule has 1 atom stereocenters. The lowest BCUT2D eigenvalue weighted by atomic mass is 10.1. The van der Waals surface area contributed by atoms with Gasteiger partial charge < -0.3 is 20.6 Å². The van der Waals surface area contributed by atoms with E-state index in [1.165, 1.54) is 5.56 Å². The first kappa shape index (κ1) is 18.8. The highest BCUT2D eigenvalue weighted by Crippen LogP contribution is 2.12. The van der Waals surface area contributed by atoms with E-state index in [0.29, 0.717) is 13.1 Å². The average molecular weight is 341 g/mol. The Labute approximate surface area is 149 Å². The van der Waals surface area contributed by atoms with Crippen LogP contribution in [0.5, 0.6) is 5.75 Å². The molecule has 2 amide bonds. The molecule has 0 aliphatic heterocycles. The summed E-state index contributed by atoms with van der Waals surface area (Å²) in [5.74, 6) is 0.265. The van der Waals surface area contributed by atoms with Crippen LogP contribution in [0, 0.1) is 0 Å². The van der Waals surface area contributed by atoms with Crippen molar-refractivity contribution in [2.24, 2.45) is 0 Å². The Balaban J connectivity index is 1.74. The summed E-state index contributed by atoms with van der Waals surface area (Å²) in [6.07, 6.45) is 1.62. The molecule has 0 aliphatic carbocycles. The minimum Gasteiger partial charge on any atom is -0.508 e. The van der Waals surface area contributed by atoms with E-state index in [0.717, 1.165) is 18.4 Å². The molecule has 2 rings (SSSR count). The Bertz CT molecular complexity index is 642. The molecular weight excluding hydrogens is 314 g/mol. The van der Waals surface area contributed by atoms with E-state index >= 15 is 0 Å². The number of carbonyl (C=O) groups is 1. The summed E-state index contributed by atoms with van der Waals surface area (Å²) < 4.78 is 0. The van der Waals surface area contributed by atoms with E-state index in [-0.39, 0.29) is 17.8 Å². The third-order valence-electron chi connectivity index (χ3n) is 4.18. The maximum Gasteiger partial charge on any atom is 0.314 e. The number of carbonyl (C=O) groups excluding carboxylic acids is 1. The van der Waals surface area contributed by atoms with Crippen molar-refractivity contribution in [1.29, 1.82) is 0 Å². The number of nitrogens with zero attached hydrogens (tertiary/aromatic N) is 1. The molecule has 0 aliphatic rings. The van der Waals surface area contributed by atoms with Gasteiger partial charge in [-0.2, -0.15) is 0 Å². The van der Waals surface area contributed by atoms with Crippen LogP contribution in [0.2, 0.25) is 0 Å². The maximum absolute atomic E-state index is 12.0. The van der Waals surface area contributed by atoms with Gasteiger partial charge in [-0.15, -0.1) is 0 Å². The molecule has 25 heavy (non-hydrogen) atoms. The Kier molecular flexibility index (Phi) is 7.29. The van der Waals surface area contributed by atoms with Crippen LogP contribution < -0.4 is 10.6 Å². The van der Waals surface area contributed by atoms with Crippen molar-refractivity contribution in [2.45, 2.75) is 18.9 Å². The lowest BCUT2D eigenvalue weighted by Gasteiger charge is -2.25. The Morgan fingerprint density at radius 3 is 2.32 bits per heavy atom. The van der Waals surface area contributed by atoms with Gasteiger partial charge in [0.05, 0.1) is 0 Å². The van der Waals surface area contributed by atoms with Crippen molar-refractivity contribution in [1.82, 2.24) is 15.5 Å². The number of phenolic OH excluding ortho intramolecular Hbond substituents is 1. The fourth-order valence-corrected chi connectivity index (χ4v) is 2.58. The van der Waals surface area contributed by atoms with Crippen LogP contribution in [0.25, 0.3) is 0 Å². The minimum absolute atomic E-state index is 0.145. The van der Waals surface area contributed by atoms with Gasteiger partial charge in [-0.3, -0.25) is 0 Å². The quantitative estimate of drug-likeness (QED) is 0.691. The first-order valence-electron chi connectivity index (χ1n) is 8.54. The number of hydrogen-bond acceptors (Lipinski definition) is 3. The summed E-state index contributed by atoms with van der Waals surface area (Å²) in [7, 11) is 4.00. The van der Waals surface area contributed by atoms with Gasteiger partial charge in [0.2, 0.25) is 0 Å². The predicted octanol–water partition coefficient (Wildman–Crippen LogP) is 2.41. The minimum atomic E-state index is -0.145. The summed E-state index contributed by atoms with van der Waals surface area (Å²) in [6.45, 7) is 1.17. The van der Waals surface area contributed by atoms with Gasteiger partial charge >= 0.3 is 6.03 Å².